The second-order valence-corrected chi connectivity index (χ2v) is 6.70. The molecule has 1 aliphatic heterocycles. The Labute approximate surface area is 137 Å². The molecule has 24 heavy (non-hydrogen) atoms. The first-order valence-electron chi connectivity index (χ1n) is 7.11. The zero-order valence-electron chi connectivity index (χ0n) is 12.4. The molecule has 0 aliphatic carbocycles. The summed E-state index contributed by atoms with van der Waals surface area (Å²) in [6.07, 6.45) is 2.88. The van der Waals surface area contributed by atoms with Crippen LogP contribution in [0.3, 0.4) is 0 Å². The van der Waals surface area contributed by atoms with Gasteiger partial charge < -0.3 is 10.3 Å². The number of nitrogens with one attached hydrogen (secondary N) is 3. The third kappa shape index (κ3) is 3.20. The normalized spacial score (nSPS) is 16.4. The lowest BCUT2D eigenvalue weighted by molar-refractivity contribution is -0.116. The zero-order valence-corrected chi connectivity index (χ0v) is 13.3. The van der Waals surface area contributed by atoms with Crippen LogP contribution in [0.2, 0.25) is 0 Å². The van der Waals surface area contributed by atoms with Crippen molar-refractivity contribution >= 4 is 27.5 Å². The lowest BCUT2D eigenvalue weighted by Crippen LogP contribution is -2.23. The van der Waals surface area contributed by atoms with Crippen molar-refractivity contribution in [3.05, 3.63) is 58.5 Å². The molecule has 1 amide bonds. The number of fused-ring (bicyclic) bond motifs is 1. The lowest BCUT2D eigenvalue weighted by Gasteiger charge is -2.03. The fraction of sp³-hybridized carbons (Fsp3) is 0.133. The van der Waals surface area contributed by atoms with Gasteiger partial charge in [-0.05, 0) is 12.1 Å². The number of aromatic amines is 1. The van der Waals surface area contributed by atoms with Crippen LogP contribution in [-0.2, 0) is 14.8 Å². The number of amides is 1. The van der Waals surface area contributed by atoms with Crippen LogP contribution in [0, 0.1) is 0 Å². The number of carbonyl (C=O) groups is 1. The molecule has 0 saturated heterocycles. The maximum Gasteiger partial charge on any atom is 0.263 e. The van der Waals surface area contributed by atoms with Crippen molar-refractivity contribution in [1.82, 2.24) is 9.71 Å². The molecule has 0 fully saturated rings. The number of nitrogens with zero attached hydrogens (tertiary/aromatic N) is 1. The molecule has 0 radical (unpaired) electrons. The summed E-state index contributed by atoms with van der Waals surface area (Å²) in [6.45, 7) is 0.0861. The smallest absolute Gasteiger partial charge is 0.263 e. The summed E-state index contributed by atoms with van der Waals surface area (Å²) in [5, 5.41) is 2.48. The molecule has 1 aromatic heterocycles. The minimum absolute atomic E-state index is 0.0156. The van der Waals surface area contributed by atoms with Crippen LogP contribution in [0.5, 0.6) is 0 Å². The first kappa shape index (κ1) is 15.9. The first-order valence-corrected chi connectivity index (χ1v) is 8.59. The number of H-pyrrole nitrogens is 1. The highest BCUT2D eigenvalue weighted by Gasteiger charge is 2.29. The van der Waals surface area contributed by atoms with Gasteiger partial charge >= 0.3 is 0 Å². The Bertz CT molecular complexity index is 979. The molecule has 1 aromatic carbocycles. The topological polar surface area (TPSA) is 120 Å². The van der Waals surface area contributed by atoms with Gasteiger partial charge in [0.15, 0.2) is 0 Å². The lowest BCUT2D eigenvalue weighted by atomic mass is 10.2. The zero-order chi connectivity index (χ0) is 17.2. The summed E-state index contributed by atoms with van der Waals surface area (Å²) in [7, 11) is -3.59. The minimum Gasteiger partial charge on any atom is -0.366 e. The number of pyridine rings is 1. The predicted octanol–water partition coefficient (Wildman–Crippen LogP) is 0.442. The van der Waals surface area contributed by atoms with E-state index < -0.39 is 10.0 Å². The quantitative estimate of drug-likeness (QED) is 0.744. The maximum absolute atomic E-state index is 11.9. The van der Waals surface area contributed by atoms with E-state index in [0.29, 0.717) is 5.56 Å². The van der Waals surface area contributed by atoms with Gasteiger partial charge in [0, 0.05) is 30.4 Å². The number of aliphatic imine (C=N–C) groups is 1. The summed E-state index contributed by atoms with van der Waals surface area (Å²) in [5.41, 5.74) is 0.338. The maximum atomic E-state index is 11.9. The SMILES string of the molecule is O=C(CCN=C1NS(=O)(=O)c2ccccc21)Nc1c[nH]ccc1=O. The molecule has 0 unspecified atom stereocenters. The Kier molecular flexibility index (Phi) is 4.17. The number of amidine groups is 1. The Morgan fingerprint density at radius 1 is 1.21 bits per heavy atom. The standard InChI is InChI=1S/C15H14N4O4S/c20-12-5-7-16-9-11(12)18-14(21)6-8-17-15-10-3-1-2-4-13(10)24(22,23)19-15/h1-5,7,9H,6,8H2,(H,16,20)(H,17,19)(H,18,21). The highest BCUT2D eigenvalue weighted by molar-refractivity contribution is 7.90. The highest BCUT2D eigenvalue weighted by Crippen LogP contribution is 2.22. The fourth-order valence-electron chi connectivity index (χ4n) is 2.25. The summed E-state index contributed by atoms with van der Waals surface area (Å²) < 4.78 is 26.2. The van der Waals surface area contributed by atoms with Gasteiger partial charge in [-0.2, -0.15) is 0 Å². The molecule has 124 valence electrons. The van der Waals surface area contributed by atoms with Crippen molar-refractivity contribution < 1.29 is 13.2 Å². The van der Waals surface area contributed by atoms with Crippen molar-refractivity contribution in [3.8, 4) is 0 Å². The highest BCUT2D eigenvalue weighted by atomic mass is 32.2. The second kappa shape index (κ2) is 6.28. The summed E-state index contributed by atoms with van der Waals surface area (Å²) in [5.74, 6) is -0.166. The van der Waals surface area contributed by atoms with E-state index in [-0.39, 0.29) is 40.7 Å². The third-order valence-corrected chi connectivity index (χ3v) is 4.77. The molecule has 1 aliphatic rings. The van der Waals surface area contributed by atoms with Gasteiger partial charge in [0.1, 0.15) is 11.5 Å². The van der Waals surface area contributed by atoms with E-state index in [2.05, 4.69) is 20.0 Å². The number of hydrogen-bond acceptors (Lipinski definition) is 5. The van der Waals surface area contributed by atoms with Crippen LogP contribution in [0.4, 0.5) is 5.69 Å². The minimum atomic E-state index is -3.59. The van der Waals surface area contributed by atoms with E-state index in [4.69, 9.17) is 0 Å². The average Bonchev–Trinajstić information content (AvgIpc) is 2.81. The van der Waals surface area contributed by atoms with Gasteiger partial charge in [0.2, 0.25) is 11.3 Å². The average molecular weight is 346 g/mol. The fourth-order valence-corrected chi connectivity index (χ4v) is 3.50. The third-order valence-electron chi connectivity index (χ3n) is 3.37. The molecule has 0 spiro atoms. The van der Waals surface area contributed by atoms with E-state index in [1.807, 2.05) is 0 Å². The van der Waals surface area contributed by atoms with Crippen LogP contribution >= 0.6 is 0 Å². The molecule has 0 saturated carbocycles. The van der Waals surface area contributed by atoms with Crippen molar-refractivity contribution in [1.29, 1.82) is 0 Å². The molecular weight excluding hydrogens is 332 g/mol. The van der Waals surface area contributed by atoms with Crippen LogP contribution in [0.1, 0.15) is 12.0 Å². The Morgan fingerprint density at radius 2 is 2.00 bits per heavy atom. The van der Waals surface area contributed by atoms with Crippen LogP contribution in [0.25, 0.3) is 0 Å². The number of benzene rings is 1. The number of hydrogen-bond donors (Lipinski definition) is 3. The molecule has 2 heterocycles. The second-order valence-electron chi connectivity index (χ2n) is 5.05. The molecule has 3 N–H and O–H groups in total. The number of aromatic nitrogens is 1. The van der Waals surface area contributed by atoms with Crippen molar-refractivity contribution in [2.75, 3.05) is 11.9 Å². The van der Waals surface area contributed by atoms with E-state index in [1.165, 1.54) is 24.5 Å². The summed E-state index contributed by atoms with van der Waals surface area (Å²) >= 11 is 0. The Hall–Kier alpha value is -2.94. The Balaban J connectivity index is 1.66. The molecule has 0 atom stereocenters. The van der Waals surface area contributed by atoms with Gasteiger partial charge in [-0.25, -0.2) is 8.42 Å². The van der Waals surface area contributed by atoms with Gasteiger partial charge in [0.25, 0.3) is 10.0 Å². The molecular formula is C15H14N4O4S. The van der Waals surface area contributed by atoms with Crippen LogP contribution < -0.4 is 15.5 Å². The van der Waals surface area contributed by atoms with Gasteiger partial charge in [-0.1, -0.05) is 12.1 Å². The van der Waals surface area contributed by atoms with Crippen molar-refractivity contribution in [3.63, 3.8) is 0 Å². The molecule has 0 bridgehead atoms. The summed E-state index contributed by atoms with van der Waals surface area (Å²) in [6, 6.07) is 7.79. The molecule has 8 nitrogen and oxygen atoms in total. The number of rotatable bonds is 4. The van der Waals surface area contributed by atoms with Gasteiger partial charge in [-0.3, -0.25) is 19.3 Å². The molecule has 2 aromatic rings. The molecule has 9 heteroatoms. The van der Waals surface area contributed by atoms with E-state index in [0.717, 1.165) is 0 Å². The number of sulfonamides is 1. The number of carbonyl (C=O) groups excluding carboxylic acids is 1. The number of anilines is 1. The van der Waals surface area contributed by atoms with E-state index >= 15 is 0 Å². The van der Waals surface area contributed by atoms with Gasteiger partial charge in [-0.15, -0.1) is 0 Å². The van der Waals surface area contributed by atoms with Crippen LogP contribution in [0.15, 0.2) is 57.4 Å². The predicted molar refractivity (Wildman–Crippen MR) is 88.5 cm³/mol. The summed E-state index contributed by atoms with van der Waals surface area (Å²) in [4.78, 5) is 30.4. The van der Waals surface area contributed by atoms with E-state index in [1.54, 1.807) is 18.2 Å². The van der Waals surface area contributed by atoms with Crippen molar-refractivity contribution in [2.45, 2.75) is 11.3 Å². The Morgan fingerprint density at radius 3 is 2.79 bits per heavy atom. The van der Waals surface area contributed by atoms with E-state index in [9.17, 15) is 18.0 Å². The van der Waals surface area contributed by atoms with Crippen molar-refractivity contribution in [2.24, 2.45) is 4.99 Å². The van der Waals surface area contributed by atoms with Crippen LogP contribution in [-0.4, -0.2) is 31.7 Å². The molecule has 3 rings (SSSR count). The van der Waals surface area contributed by atoms with Gasteiger partial charge in [0.05, 0.1) is 11.4 Å². The largest absolute Gasteiger partial charge is 0.366 e. The monoisotopic (exact) mass is 346 g/mol. The first-order chi connectivity index (χ1) is 11.5.